The smallest absolute Gasteiger partial charge is 0.242 e. The summed E-state index contributed by atoms with van der Waals surface area (Å²) in [6.07, 6.45) is 3.15. The number of methoxy groups -OCH3 is 1. The van der Waals surface area contributed by atoms with Crippen LogP contribution in [0.1, 0.15) is 5.69 Å². The van der Waals surface area contributed by atoms with E-state index in [4.69, 9.17) is 15.2 Å². The fraction of sp³-hybridized carbons (Fsp3) is 0.167. The topological polar surface area (TPSA) is 70.3 Å². The maximum absolute atomic E-state index is 5.59. The van der Waals surface area contributed by atoms with Crippen molar-refractivity contribution in [3.8, 4) is 17.4 Å². The summed E-state index contributed by atoms with van der Waals surface area (Å²) in [5, 5.41) is 0. The van der Waals surface area contributed by atoms with Crippen molar-refractivity contribution in [1.29, 1.82) is 0 Å². The monoisotopic (exact) mass is 231 g/mol. The molecule has 2 rings (SSSR count). The fourth-order valence-electron chi connectivity index (χ4n) is 1.33. The van der Waals surface area contributed by atoms with Crippen LogP contribution in [0, 0.1) is 0 Å². The van der Waals surface area contributed by atoms with E-state index in [0.717, 1.165) is 5.75 Å². The number of benzene rings is 1. The van der Waals surface area contributed by atoms with Crippen molar-refractivity contribution in [3.05, 3.63) is 42.4 Å². The first-order chi connectivity index (χ1) is 8.33. The number of nitrogens with two attached hydrogens (primary N) is 1. The van der Waals surface area contributed by atoms with E-state index >= 15 is 0 Å². The molecule has 0 saturated carbocycles. The maximum atomic E-state index is 5.59. The lowest BCUT2D eigenvalue weighted by Crippen LogP contribution is -2.03. The molecule has 2 aromatic rings. The molecule has 0 bridgehead atoms. The van der Waals surface area contributed by atoms with Gasteiger partial charge in [-0.3, -0.25) is 4.98 Å². The zero-order valence-corrected chi connectivity index (χ0v) is 9.46. The van der Waals surface area contributed by atoms with Crippen LogP contribution in [0.25, 0.3) is 0 Å². The number of hydrogen-bond acceptors (Lipinski definition) is 5. The van der Waals surface area contributed by atoms with Crippen LogP contribution in [0.4, 0.5) is 0 Å². The Morgan fingerprint density at radius 1 is 1.06 bits per heavy atom. The summed E-state index contributed by atoms with van der Waals surface area (Å²) in [5.41, 5.74) is 6.18. The minimum absolute atomic E-state index is 0.291. The molecule has 0 aliphatic heterocycles. The molecule has 0 spiro atoms. The highest BCUT2D eigenvalue weighted by Crippen LogP contribution is 2.23. The van der Waals surface area contributed by atoms with Crippen molar-refractivity contribution >= 4 is 0 Å². The Labute approximate surface area is 99.2 Å². The molecule has 0 saturated heterocycles. The van der Waals surface area contributed by atoms with Gasteiger partial charge in [0.25, 0.3) is 0 Å². The SMILES string of the molecule is COc1ccc(Oc2nccnc2CN)cc1. The number of ether oxygens (including phenoxy) is 2. The summed E-state index contributed by atoms with van der Waals surface area (Å²) < 4.78 is 10.7. The van der Waals surface area contributed by atoms with Crippen molar-refractivity contribution in [2.45, 2.75) is 6.54 Å². The van der Waals surface area contributed by atoms with Crippen LogP contribution < -0.4 is 15.2 Å². The minimum Gasteiger partial charge on any atom is -0.497 e. The molecule has 0 radical (unpaired) electrons. The van der Waals surface area contributed by atoms with Gasteiger partial charge in [0.05, 0.1) is 7.11 Å². The van der Waals surface area contributed by atoms with Gasteiger partial charge in [-0.15, -0.1) is 0 Å². The van der Waals surface area contributed by atoms with Crippen LogP contribution in [0.3, 0.4) is 0 Å². The number of aromatic nitrogens is 2. The van der Waals surface area contributed by atoms with Gasteiger partial charge < -0.3 is 15.2 Å². The zero-order chi connectivity index (χ0) is 12.1. The van der Waals surface area contributed by atoms with Gasteiger partial charge in [0, 0.05) is 18.9 Å². The van der Waals surface area contributed by atoms with Gasteiger partial charge in [-0.05, 0) is 24.3 Å². The predicted octanol–water partition coefficient (Wildman–Crippen LogP) is 1.74. The van der Waals surface area contributed by atoms with Gasteiger partial charge in [0.2, 0.25) is 5.88 Å². The highest BCUT2D eigenvalue weighted by molar-refractivity contribution is 5.34. The molecule has 0 aliphatic carbocycles. The van der Waals surface area contributed by atoms with Crippen molar-refractivity contribution < 1.29 is 9.47 Å². The predicted molar refractivity (Wildman–Crippen MR) is 63.0 cm³/mol. The van der Waals surface area contributed by atoms with Crippen LogP contribution in [0.2, 0.25) is 0 Å². The zero-order valence-electron chi connectivity index (χ0n) is 9.46. The molecule has 0 amide bonds. The third-order valence-electron chi connectivity index (χ3n) is 2.20. The minimum atomic E-state index is 0.291. The molecular formula is C12H13N3O2. The third kappa shape index (κ3) is 2.70. The molecule has 2 N–H and O–H groups in total. The van der Waals surface area contributed by atoms with Crippen molar-refractivity contribution in [3.63, 3.8) is 0 Å². The lowest BCUT2D eigenvalue weighted by atomic mass is 10.3. The van der Waals surface area contributed by atoms with E-state index in [1.165, 1.54) is 0 Å². The molecule has 0 unspecified atom stereocenters. The molecule has 1 aromatic heterocycles. The molecule has 1 aromatic carbocycles. The second-order valence-corrected chi connectivity index (χ2v) is 3.29. The lowest BCUT2D eigenvalue weighted by Gasteiger charge is -2.07. The Bertz CT molecular complexity index is 485. The summed E-state index contributed by atoms with van der Waals surface area (Å²) >= 11 is 0. The van der Waals surface area contributed by atoms with Gasteiger partial charge in [-0.2, -0.15) is 0 Å². The lowest BCUT2D eigenvalue weighted by molar-refractivity contribution is 0.411. The quantitative estimate of drug-likeness (QED) is 0.867. The second-order valence-electron chi connectivity index (χ2n) is 3.29. The highest BCUT2D eigenvalue weighted by Gasteiger charge is 2.05. The van der Waals surface area contributed by atoms with Gasteiger partial charge in [0.1, 0.15) is 17.2 Å². The van der Waals surface area contributed by atoms with Gasteiger partial charge in [-0.25, -0.2) is 4.98 Å². The Hall–Kier alpha value is -2.14. The number of hydrogen-bond donors (Lipinski definition) is 1. The molecular weight excluding hydrogens is 218 g/mol. The summed E-state index contributed by atoms with van der Waals surface area (Å²) in [5.74, 6) is 1.87. The summed E-state index contributed by atoms with van der Waals surface area (Å²) in [7, 11) is 1.62. The van der Waals surface area contributed by atoms with Crippen LogP contribution in [0.15, 0.2) is 36.7 Å². The van der Waals surface area contributed by atoms with Crippen LogP contribution in [0.5, 0.6) is 17.4 Å². The molecule has 0 fully saturated rings. The van der Waals surface area contributed by atoms with Gasteiger partial charge >= 0.3 is 0 Å². The average Bonchev–Trinajstić information content (AvgIpc) is 2.40. The van der Waals surface area contributed by atoms with Crippen molar-refractivity contribution in [2.75, 3.05) is 7.11 Å². The second kappa shape index (κ2) is 5.27. The maximum Gasteiger partial charge on any atom is 0.242 e. The largest absolute Gasteiger partial charge is 0.497 e. The third-order valence-corrected chi connectivity index (χ3v) is 2.20. The Morgan fingerprint density at radius 2 is 1.71 bits per heavy atom. The van der Waals surface area contributed by atoms with E-state index in [0.29, 0.717) is 23.9 Å². The summed E-state index contributed by atoms with van der Waals surface area (Å²) in [6.45, 7) is 0.291. The molecule has 0 aliphatic rings. The van der Waals surface area contributed by atoms with E-state index < -0.39 is 0 Å². The number of nitrogens with zero attached hydrogens (tertiary/aromatic N) is 2. The average molecular weight is 231 g/mol. The number of rotatable bonds is 4. The molecule has 17 heavy (non-hydrogen) atoms. The molecule has 5 nitrogen and oxygen atoms in total. The normalized spacial score (nSPS) is 10.0. The standard InChI is InChI=1S/C12H13N3O2/c1-16-9-2-4-10(5-3-9)17-12-11(8-13)14-6-7-15-12/h2-7H,8,13H2,1H3. The molecule has 5 heteroatoms. The highest BCUT2D eigenvalue weighted by atomic mass is 16.5. The Morgan fingerprint density at radius 3 is 2.35 bits per heavy atom. The van der Waals surface area contributed by atoms with Gasteiger partial charge in [0.15, 0.2) is 0 Å². The van der Waals surface area contributed by atoms with Crippen LogP contribution in [-0.2, 0) is 6.54 Å². The fourth-order valence-corrected chi connectivity index (χ4v) is 1.33. The van der Waals surface area contributed by atoms with E-state index in [9.17, 15) is 0 Å². The first-order valence-corrected chi connectivity index (χ1v) is 5.15. The summed E-state index contributed by atoms with van der Waals surface area (Å²) in [6, 6.07) is 7.23. The van der Waals surface area contributed by atoms with E-state index in [-0.39, 0.29) is 0 Å². The first kappa shape index (κ1) is 11.3. The van der Waals surface area contributed by atoms with E-state index in [1.807, 2.05) is 12.1 Å². The Balaban J connectivity index is 2.19. The first-order valence-electron chi connectivity index (χ1n) is 5.15. The Kier molecular flexibility index (Phi) is 3.52. The van der Waals surface area contributed by atoms with Crippen LogP contribution in [-0.4, -0.2) is 17.1 Å². The molecule has 1 heterocycles. The van der Waals surface area contributed by atoms with Crippen molar-refractivity contribution in [1.82, 2.24) is 9.97 Å². The van der Waals surface area contributed by atoms with E-state index in [2.05, 4.69) is 9.97 Å². The van der Waals surface area contributed by atoms with Crippen molar-refractivity contribution in [2.24, 2.45) is 5.73 Å². The van der Waals surface area contributed by atoms with E-state index in [1.54, 1.807) is 31.6 Å². The molecule has 0 atom stereocenters. The molecule has 88 valence electrons. The van der Waals surface area contributed by atoms with Crippen LogP contribution >= 0.6 is 0 Å². The summed E-state index contributed by atoms with van der Waals surface area (Å²) in [4.78, 5) is 8.18. The van der Waals surface area contributed by atoms with Gasteiger partial charge in [-0.1, -0.05) is 0 Å².